The lowest BCUT2D eigenvalue weighted by Crippen LogP contribution is -2.23. The number of anilines is 1. The molecule has 2 heterocycles. The molecule has 0 unspecified atom stereocenters. The van der Waals surface area contributed by atoms with Crippen LogP contribution in [0.3, 0.4) is 0 Å². The van der Waals surface area contributed by atoms with Crippen LogP contribution in [0.1, 0.15) is 16.2 Å². The van der Waals surface area contributed by atoms with Crippen molar-refractivity contribution >= 4 is 23.3 Å². The van der Waals surface area contributed by atoms with Gasteiger partial charge in [-0.25, -0.2) is 9.97 Å². The smallest absolute Gasteiger partial charge is 0.251 e. The number of pyridine rings is 1. The van der Waals surface area contributed by atoms with E-state index >= 15 is 0 Å². The first-order valence-electron chi connectivity index (χ1n) is 5.56. The highest BCUT2D eigenvalue weighted by Gasteiger charge is 2.09. The highest BCUT2D eigenvalue weighted by Crippen LogP contribution is 2.14. The average Bonchev–Trinajstić information content (AvgIpc) is 2.81. The summed E-state index contributed by atoms with van der Waals surface area (Å²) in [5.41, 5.74) is 0.431. The molecule has 0 radical (unpaired) electrons. The standard InChI is InChI=1S/C11H13ClN6O/c1-13-9-4-7(3-8(12)16-9)11(19)14-5-10-15-6-18(2)17-10/h3-4,6H,5H2,1-2H3,(H,13,16)(H,14,19). The lowest BCUT2D eigenvalue weighted by Gasteiger charge is -2.05. The number of hydrogen-bond acceptors (Lipinski definition) is 5. The molecule has 2 rings (SSSR count). The van der Waals surface area contributed by atoms with Gasteiger partial charge in [-0.05, 0) is 12.1 Å². The minimum atomic E-state index is -0.256. The summed E-state index contributed by atoms with van der Waals surface area (Å²) in [5.74, 6) is 0.826. The summed E-state index contributed by atoms with van der Waals surface area (Å²) in [4.78, 5) is 20.0. The summed E-state index contributed by atoms with van der Waals surface area (Å²) in [6, 6.07) is 3.12. The highest BCUT2D eigenvalue weighted by atomic mass is 35.5. The van der Waals surface area contributed by atoms with Crippen LogP contribution >= 0.6 is 11.6 Å². The monoisotopic (exact) mass is 280 g/mol. The SMILES string of the molecule is CNc1cc(C(=O)NCc2ncn(C)n2)cc(Cl)n1. The first-order valence-corrected chi connectivity index (χ1v) is 5.94. The molecule has 7 nitrogen and oxygen atoms in total. The predicted octanol–water partition coefficient (Wildman–Crippen LogP) is 0.835. The van der Waals surface area contributed by atoms with E-state index in [0.717, 1.165) is 0 Å². The zero-order chi connectivity index (χ0) is 13.8. The van der Waals surface area contributed by atoms with Crippen LogP contribution in [0.5, 0.6) is 0 Å². The number of rotatable bonds is 4. The summed E-state index contributed by atoms with van der Waals surface area (Å²) < 4.78 is 1.57. The molecule has 2 aromatic heterocycles. The highest BCUT2D eigenvalue weighted by molar-refractivity contribution is 6.29. The van der Waals surface area contributed by atoms with Gasteiger partial charge in [0.15, 0.2) is 5.82 Å². The summed E-state index contributed by atoms with van der Waals surface area (Å²) >= 11 is 5.83. The van der Waals surface area contributed by atoms with E-state index in [-0.39, 0.29) is 17.6 Å². The number of amides is 1. The summed E-state index contributed by atoms with van der Waals surface area (Å²) in [6.45, 7) is 0.258. The van der Waals surface area contributed by atoms with E-state index in [4.69, 9.17) is 11.6 Å². The Labute approximate surface area is 115 Å². The number of aromatic nitrogens is 4. The molecule has 0 aromatic carbocycles. The molecule has 0 aliphatic carbocycles. The van der Waals surface area contributed by atoms with Gasteiger partial charge in [0.1, 0.15) is 17.3 Å². The van der Waals surface area contributed by atoms with Crippen molar-refractivity contribution in [1.82, 2.24) is 25.1 Å². The van der Waals surface area contributed by atoms with E-state index in [0.29, 0.717) is 17.2 Å². The second-order valence-electron chi connectivity index (χ2n) is 3.83. The van der Waals surface area contributed by atoms with Crippen molar-refractivity contribution in [2.45, 2.75) is 6.54 Å². The fraction of sp³-hybridized carbons (Fsp3) is 0.273. The Morgan fingerprint density at radius 1 is 1.47 bits per heavy atom. The number of hydrogen-bond donors (Lipinski definition) is 2. The molecule has 100 valence electrons. The van der Waals surface area contributed by atoms with Gasteiger partial charge in [0, 0.05) is 19.7 Å². The van der Waals surface area contributed by atoms with Gasteiger partial charge in [0.2, 0.25) is 0 Å². The Hall–Kier alpha value is -2.15. The number of nitrogens with zero attached hydrogens (tertiary/aromatic N) is 4. The molecule has 19 heavy (non-hydrogen) atoms. The Balaban J connectivity index is 2.05. The molecule has 0 spiro atoms. The molecule has 0 aliphatic rings. The zero-order valence-electron chi connectivity index (χ0n) is 10.5. The Bertz CT molecular complexity index is 597. The molecular weight excluding hydrogens is 268 g/mol. The van der Waals surface area contributed by atoms with Crippen LogP contribution in [-0.2, 0) is 13.6 Å². The molecule has 8 heteroatoms. The van der Waals surface area contributed by atoms with Gasteiger partial charge < -0.3 is 10.6 Å². The third-order valence-corrected chi connectivity index (χ3v) is 2.56. The van der Waals surface area contributed by atoms with E-state index in [1.807, 2.05) is 0 Å². The fourth-order valence-electron chi connectivity index (χ4n) is 1.48. The van der Waals surface area contributed by atoms with Crippen molar-refractivity contribution in [3.8, 4) is 0 Å². The summed E-state index contributed by atoms with van der Waals surface area (Å²) in [6.07, 6.45) is 1.57. The lowest BCUT2D eigenvalue weighted by atomic mass is 10.2. The van der Waals surface area contributed by atoms with Gasteiger partial charge in [-0.2, -0.15) is 5.10 Å². The summed E-state index contributed by atoms with van der Waals surface area (Å²) in [7, 11) is 3.47. The minimum absolute atomic E-state index is 0.256. The van der Waals surface area contributed by atoms with Crippen LogP contribution in [-0.4, -0.2) is 32.7 Å². The van der Waals surface area contributed by atoms with Gasteiger partial charge in [-0.1, -0.05) is 11.6 Å². The largest absolute Gasteiger partial charge is 0.373 e. The topological polar surface area (TPSA) is 84.7 Å². The van der Waals surface area contributed by atoms with E-state index < -0.39 is 0 Å². The number of nitrogens with one attached hydrogen (secondary N) is 2. The van der Waals surface area contributed by atoms with Crippen molar-refractivity contribution in [3.05, 3.63) is 35.0 Å². The number of halogens is 1. The third kappa shape index (κ3) is 3.41. The molecule has 0 saturated heterocycles. The molecule has 0 bridgehead atoms. The Morgan fingerprint density at radius 3 is 2.89 bits per heavy atom. The van der Waals surface area contributed by atoms with Gasteiger partial charge in [0.25, 0.3) is 5.91 Å². The molecule has 0 aliphatic heterocycles. The summed E-state index contributed by atoms with van der Waals surface area (Å²) in [5, 5.41) is 9.88. The van der Waals surface area contributed by atoms with Crippen LogP contribution in [0, 0.1) is 0 Å². The van der Waals surface area contributed by atoms with Crippen molar-refractivity contribution in [2.75, 3.05) is 12.4 Å². The van der Waals surface area contributed by atoms with Gasteiger partial charge in [0.05, 0.1) is 6.54 Å². The van der Waals surface area contributed by atoms with Crippen LogP contribution in [0.2, 0.25) is 5.15 Å². The molecule has 0 saturated carbocycles. The molecule has 2 aromatic rings. The lowest BCUT2D eigenvalue weighted by molar-refractivity contribution is 0.0950. The van der Waals surface area contributed by atoms with Crippen molar-refractivity contribution in [1.29, 1.82) is 0 Å². The van der Waals surface area contributed by atoms with E-state index in [2.05, 4.69) is 25.7 Å². The molecule has 1 amide bonds. The van der Waals surface area contributed by atoms with Crippen molar-refractivity contribution in [2.24, 2.45) is 7.05 Å². The van der Waals surface area contributed by atoms with Gasteiger partial charge >= 0.3 is 0 Å². The predicted molar refractivity (Wildman–Crippen MR) is 71.0 cm³/mol. The van der Waals surface area contributed by atoms with Crippen molar-refractivity contribution in [3.63, 3.8) is 0 Å². The van der Waals surface area contributed by atoms with Crippen LogP contribution in [0.25, 0.3) is 0 Å². The number of aryl methyl sites for hydroxylation is 1. The molecule has 0 fully saturated rings. The average molecular weight is 281 g/mol. The maximum absolute atomic E-state index is 12.0. The normalized spacial score (nSPS) is 10.3. The van der Waals surface area contributed by atoms with Crippen LogP contribution < -0.4 is 10.6 Å². The number of carbonyl (C=O) groups is 1. The maximum Gasteiger partial charge on any atom is 0.251 e. The Morgan fingerprint density at radius 2 is 2.26 bits per heavy atom. The first-order chi connectivity index (χ1) is 9.08. The van der Waals surface area contributed by atoms with E-state index in [9.17, 15) is 4.79 Å². The second-order valence-corrected chi connectivity index (χ2v) is 4.22. The minimum Gasteiger partial charge on any atom is -0.373 e. The fourth-order valence-corrected chi connectivity index (χ4v) is 1.69. The van der Waals surface area contributed by atoms with Crippen LogP contribution in [0.15, 0.2) is 18.5 Å². The van der Waals surface area contributed by atoms with Crippen LogP contribution in [0.4, 0.5) is 5.82 Å². The number of carbonyl (C=O) groups excluding carboxylic acids is 1. The molecule has 2 N–H and O–H groups in total. The van der Waals surface area contributed by atoms with E-state index in [1.54, 1.807) is 31.2 Å². The van der Waals surface area contributed by atoms with Crippen molar-refractivity contribution < 1.29 is 4.79 Å². The van der Waals surface area contributed by atoms with Gasteiger partial charge in [-0.15, -0.1) is 0 Å². The molecule has 0 atom stereocenters. The second kappa shape index (κ2) is 5.66. The maximum atomic E-state index is 12.0. The van der Waals surface area contributed by atoms with Gasteiger partial charge in [-0.3, -0.25) is 9.48 Å². The first kappa shape index (κ1) is 13.3. The Kier molecular flexibility index (Phi) is 3.96. The van der Waals surface area contributed by atoms with E-state index in [1.165, 1.54) is 6.07 Å². The zero-order valence-corrected chi connectivity index (χ0v) is 11.3. The molecular formula is C11H13ClN6O. The quantitative estimate of drug-likeness (QED) is 0.811. The third-order valence-electron chi connectivity index (χ3n) is 2.37.